The van der Waals surface area contributed by atoms with E-state index < -0.39 is 20.0 Å². The van der Waals surface area contributed by atoms with Crippen LogP contribution >= 0.6 is 0 Å². The fourth-order valence-electron chi connectivity index (χ4n) is 4.63. The lowest BCUT2D eigenvalue weighted by Gasteiger charge is -2.14. The average molecular weight is 649 g/mol. The molecule has 236 valence electrons. The largest absolute Gasteiger partial charge is 0.326 e. The van der Waals surface area contributed by atoms with Gasteiger partial charge in [0.15, 0.2) is 0 Å². The predicted octanol–water partition coefficient (Wildman–Crippen LogP) is 6.27. The SMILES string of the molecule is Cc1cccc(C)c1NS(=O)(=O)c1ccc(NC(=O)CCCC(=O)Nc2ccc(S(=O)(=O)Nc3c(C)cccc3C)cc2)cc1. The Balaban J connectivity index is 1.24. The van der Waals surface area contributed by atoms with Crippen LogP contribution in [0.5, 0.6) is 0 Å². The van der Waals surface area contributed by atoms with Crippen molar-refractivity contribution in [2.45, 2.75) is 56.7 Å². The Morgan fingerprint density at radius 3 is 1.13 bits per heavy atom. The van der Waals surface area contributed by atoms with E-state index in [-0.39, 0.29) is 40.9 Å². The summed E-state index contributed by atoms with van der Waals surface area (Å²) >= 11 is 0. The van der Waals surface area contributed by atoms with Gasteiger partial charge in [-0.3, -0.25) is 19.0 Å². The summed E-state index contributed by atoms with van der Waals surface area (Å²) in [5.41, 5.74) is 5.15. The lowest BCUT2D eigenvalue weighted by molar-refractivity contribution is -0.117. The van der Waals surface area contributed by atoms with E-state index in [0.717, 1.165) is 22.3 Å². The Morgan fingerprint density at radius 2 is 0.822 bits per heavy atom. The van der Waals surface area contributed by atoms with Crippen LogP contribution in [0.15, 0.2) is 94.7 Å². The van der Waals surface area contributed by atoms with E-state index in [1.54, 1.807) is 0 Å². The lowest BCUT2D eigenvalue weighted by atomic mass is 10.1. The molecule has 0 atom stereocenters. The zero-order valence-electron chi connectivity index (χ0n) is 25.5. The predicted molar refractivity (Wildman–Crippen MR) is 177 cm³/mol. The van der Waals surface area contributed by atoms with Crippen molar-refractivity contribution in [1.29, 1.82) is 0 Å². The van der Waals surface area contributed by atoms with Gasteiger partial charge in [-0.25, -0.2) is 16.8 Å². The molecule has 0 spiro atoms. The number of anilines is 4. The van der Waals surface area contributed by atoms with Gasteiger partial charge in [0.25, 0.3) is 20.0 Å². The molecule has 10 nitrogen and oxygen atoms in total. The first-order valence-corrected chi connectivity index (χ1v) is 17.2. The van der Waals surface area contributed by atoms with Crippen LogP contribution in [0.3, 0.4) is 0 Å². The first-order chi connectivity index (χ1) is 21.2. The van der Waals surface area contributed by atoms with E-state index in [4.69, 9.17) is 0 Å². The summed E-state index contributed by atoms with van der Waals surface area (Å²) in [5, 5.41) is 5.42. The summed E-state index contributed by atoms with van der Waals surface area (Å²) in [6, 6.07) is 22.7. The molecule has 0 unspecified atom stereocenters. The third-order valence-electron chi connectivity index (χ3n) is 7.14. The number of carbonyl (C=O) groups is 2. The second-order valence-corrected chi connectivity index (χ2v) is 14.1. The van der Waals surface area contributed by atoms with Gasteiger partial charge < -0.3 is 10.6 Å². The molecule has 0 fully saturated rings. The lowest BCUT2D eigenvalue weighted by Crippen LogP contribution is -2.16. The molecule has 4 rings (SSSR count). The van der Waals surface area contributed by atoms with Gasteiger partial charge >= 0.3 is 0 Å². The van der Waals surface area contributed by atoms with Crippen LogP contribution in [0.1, 0.15) is 41.5 Å². The maximum absolute atomic E-state index is 12.9. The van der Waals surface area contributed by atoms with Gasteiger partial charge in [0, 0.05) is 24.2 Å². The minimum Gasteiger partial charge on any atom is -0.326 e. The topological polar surface area (TPSA) is 151 Å². The van der Waals surface area contributed by atoms with Gasteiger partial charge in [0.2, 0.25) is 11.8 Å². The number of hydrogen-bond acceptors (Lipinski definition) is 6. The third-order valence-corrected chi connectivity index (χ3v) is 9.87. The number of para-hydroxylation sites is 2. The van der Waals surface area contributed by atoms with E-state index >= 15 is 0 Å². The molecule has 4 aromatic rings. The van der Waals surface area contributed by atoms with Crippen LogP contribution < -0.4 is 20.1 Å². The third kappa shape index (κ3) is 8.70. The smallest absolute Gasteiger partial charge is 0.261 e. The fraction of sp³-hybridized carbons (Fsp3) is 0.212. The van der Waals surface area contributed by atoms with Crippen LogP contribution in [0.2, 0.25) is 0 Å². The minimum atomic E-state index is -3.82. The van der Waals surface area contributed by atoms with E-state index in [9.17, 15) is 26.4 Å². The van der Waals surface area contributed by atoms with Crippen molar-refractivity contribution in [2.24, 2.45) is 0 Å². The van der Waals surface area contributed by atoms with Crippen LogP contribution in [0, 0.1) is 27.7 Å². The molecular weight excluding hydrogens is 613 g/mol. The van der Waals surface area contributed by atoms with E-state index in [2.05, 4.69) is 20.1 Å². The number of hydrogen-bond donors (Lipinski definition) is 4. The molecule has 0 saturated carbocycles. The number of sulfonamides is 2. The number of carbonyl (C=O) groups excluding carboxylic acids is 2. The molecule has 0 heterocycles. The average Bonchev–Trinajstić information content (AvgIpc) is 2.98. The molecule has 2 amide bonds. The molecule has 0 aromatic heterocycles. The molecule has 0 radical (unpaired) electrons. The Morgan fingerprint density at radius 1 is 0.511 bits per heavy atom. The van der Waals surface area contributed by atoms with Crippen molar-refractivity contribution >= 4 is 54.6 Å². The van der Waals surface area contributed by atoms with Crippen LogP contribution in [-0.2, 0) is 29.6 Å². The van der Waals surface area contributed by atoms with Crippen molar-refractivity contribution in [2.75, 3.05) is 20.1 Å². The second-order valence-electron chi connectivity index (χ2n) is 10.7. The maximum atomic E-state index is 12.9. The number of amides is 2. The van der Waals surface area contributed by atoms with Crippen molar-refractivity contribution in [1.82, 2.24) is 0 Å². The van der Waals surface area contributed by atoms with Crippen LogP contribution in [0.25, 0.3) is 0 Å². The molecule has 0 saturated heterocycles. The first kappa shape index (κ1) is 33.2. The van der Waals surface area contributed by atoms with Crippen molar-refractivity contribution < 1.29 is 26.4 Å². The highest BCUT2D eigenvalue weighted by Gasteiger charge is 2.18. The van der Waals surface area contributed by atoms with Gasteiger partial charge in [-0.1, -0.05) is 36.4 Å². The number of benzene rings is 4. The van der Waals surface area contributed by atoms with Crippen molar-refractivity contribution in [3.8, 4) is 0 Å². The van der Waals surface area contributed by atoms with Crippen LogP contribution in [0.4, 0.5) is 22.7 Å². The zero-order chi connectivity index (χ0) is 32.8. The Hall–Kier alpha value is -4.68. The Kier molecular flexibility index (Phi) is 10.3. The van der Waals surface area contributed by atoms with Gasteiger partial charge in [-0.15, -0.1) is 0 Å². The van der Waals surface area contributed by atoms with E-state index in [1.807, 2.05) is 64.1 Å². The summed E-state index contributed by atoms with van der Waals surface area (Å²) in [6.07, 6.45) is 0.418. The highest BCUT2D eigenvalue weighted by Crippen LogP contribution is 2.25. The molecule has 12 heteroatoms. The van der Waals surface area contributed by atoms with E-state index in [1.165, 1.54) is 48.5 Å². The molecule has 0 bridgehead atoms. The number of rotatable bonds is 12. The molecule has 45 heavy (non-hydrogen) atoms. The summed E-state index contributed by atoms with van der Waals surface area (Å²) in [4.78, 5) is 25.0. The molecule has 0 aliphatic rings. The fourth-order valence-corrected chi connectivity index (χ4v) is 7.03. The van der Waals surface area contributed by atoms with Gasteiger partial charge in [0.05, 0.1) is 21.2 Å². The summed E-state index contributed by atoms with van der Waals surface area (Å²) in [6.45, 7) is 7.30. The van der Waals surface area contributed by atoms with Crippen molar-refractivity contribution in [3.05, 3.63) is 107 Å². The highest BCUT2D eigenvalue weighted by molar-refractivity contribution is 7.93. The number of nitrogens with one attached hydrogen (secondary N) is 4. The molecular formula is C33H36N4O6S2. The summed E-state index contributed by atoms with van der Waals surface area (Å²) in [7, 11) is -7.64. The molecule has 0 aliphatic carbocycles. The standard InChI is InChI=1S/C33H36N4O6S2/c1-22-8-5-9-23(2)32(22)36-44(40,41)28-18-14-26(15-19-28)34-30(38)12-7-13-31(39)35-27-16-20-29(21-17-27)45(42,43)37-33-24(3)10-6-11-25(33)4/h5-6,8-11,14-21,36-37H,7,12-13H2,1-4H3,(H,34,38)(H,35,39). The molecule has 4 aromatic carbocycles. The molecule has 4 N–H and O–H groups in total. The van der Waals surface area contributed by atoms with Gasteiger partial charge in [0.1, 0.15) is 0 Å². The molecule has 0 aliphatic heterocycles. The summed E-state index contributed by atoms with van der Waals surface area (Å²) in [5.74, 6) is -0.643. The van der Waals surface area contributed by atoms with Crippen LogP contribution in [-0.4, -0.2) is 28.6 Å². The quantitative estimate of drug-likeness (QED) is 0.142. The van der Waals surface area contributed by atoms with Crippen molar-refractivity contribution in [3.63, 3.8) is 0 Å². The zero-order valence-corrected chi connectivity index (χ0v) is 27.1. The maximum Gasteiger partial charge on any atom is 0.261 e. The Labute approximate surface area is 264 Å². The Bertz CT molecular complexity index is 1740. The van der Waals surface area contributed by atoms with Gasteiger partial charge in [-0.2, -0.15) is 0 Å². The highest BCUT2D eigenvalue weighted by atomic mass is 32.2. The monoisotopic (exact) mass is 648 g/mol. The summed E-state index contributed by atoms with van der Waals surface area (Å²) < 4.78 is 56.7. The van der Waals surface area contributed by atoms with Gasteiger partial charge in [-0.05, 0) is 105 Å². The first-order valence-electron chi connectivity index (χ1n) is 14.2. The number of aryl methyl sites for hydroxylation is 4. The van der Waals surface area contributed by atoms with E-state index in [0.29, 0.717) is 22.7 Å². The normalized spacial score (nSPS) is 11.5. The second kappa shape index (κ2) is 14.0. The minimum absolute atomic E-state index is 0.0584.